The SMILES string of the molecule is Nc1ccc(NC(=O)Cc2cccs2)c(Cl)c1. The van der Waals surface area contributed by atoms with Crippen molar-refractivity contribution >= 4 is 40.2 Å². The molecule has 3 N–H and O–H groups in total. The third kappa shape index (κ3) is 3.22. The van der Waals surface area contributed by atoms with Crippen LogP contribution in [0.15, 0.2) is 35.7 Å². The fourth-order valence-corrected chi connectivity index (χ4v) is 2.34. The summed E-state index contributed by atoms with van der Waals surface area (Å²) in [7, 11) is 0. The minimum atomic E-state index is -0.0841. The molecule has 5 heteroatoms. The van der Waals surface area contributed by atoms with Gasteiger partial charge in [-0.2, -0.15) is 0 Å². The normalized spacial score (nSPS) is 10.2. The second kappa shape index (κ2) is 5.21. The Bertz CT molecular complexity index is 525. The lowest BCUT2D eigenvalue weighted by atomic mass is 10.2. The molecular weight excluding hydrogens is 256 g/mol. The monoisotopic (exact) mass is 266 g/mol. The van der Waals surface area contributed by atoms with Gasteiger partial charge in [-0.3, -0.25) is 4.79 Å². The van der Waals surface area contributed by atoms with Crippen LogP contribution in [-0.2, 0) is 11.2 Å². The van der Waals surface area contributed by atoms with E-state index in [2.05, 4.69) is 5.32 Å². The maximum atomic E-state index is 11.7. The summed E-state index contributed by atoms with van der Waals surface area (Å²) in [4.78, 5) is 12.7. The Kier molecular flexibility index (Phi) is 3.66. The maximum Gasteiger partial charge on any atom is 0.229 e. The lowest BCUT2D eigenvalue weighted by Crippen LogP contribution is -2.14. The van der Waals surface area contributed by atoms with Crippen LogP contribution in [0.2, 0.25) is 5.02 Å². The van der Waals surface area contributed by atoms with Crippen LogP contribution < -0.4 is 11.1 Å². The standard InChI is InChI=1S/C12H11ClN2OS/c13-10-6-8(14)3-4-11(10)15-12(16)7-9-2-1-5-17-9/h1-6H,7,14H2,(H,15,16). The number of nitrogen functional groups attached to an aromatic ring is 1. The molecule has 0 aliphatic carbocycles. The Balaban J connectivity index is 2.03. The molecule has 0 saturated carbocycles. The van der Waals surface area contributed by atoms with E-state index in [-0.39, 0.29) is 5.91 Å². The Morgan fingerprint density at radius 2 is 2.24 bits per heavy atom. The van der Waals surface area contributed by atoms with Crippen molar-refractivity contribution in [3.63, 3.8) is 0 Å². The molecule has 0 fully saturated rings. The number of halogens is 1. The van der Waals surface area contributed by atoms with Crippen LogP contribution in [0, 0.1) is 0 Å². The van der Waals surface area contributed by atoms with E-state index in [0.29, 0.717) is 22.8 Å². The molecule has 0 aliphatic heterocycles. The first-order valence-corrected chi connectivity index (χ1v) is 6.28. The second-order valence-electron chi connectivity index (χ2n) is 3.54. The van der Waals surface area contributed by atoms with Gasteiger partial charge in [0, 0.05) is 10.6 Å². The summed E-state index contributed by atoms with van der Waals surface area (Å²) in [5.41, 5.74) is 6.73. The van der Waals surface area contributed by atoms with E-state index in [1.165, 1.54) is 0 Å². The van der Waals surface area contributed by atoms with Crippen LogP contribution in [0.1, 0.15) is 4.88 Å². The van der Waals surface area contributed by atoms with Gasteiger partial charge < -0.3 is 11.1 Å². The van der Waals surface area contributed by atoms with Crippen LogP contribution in [-0.4, -0.2) is 5.91 Å². The molecule has 0 spiro atoms. The molecule has 0 saturated heterocycles. The zero-order chi connectivity index (χ0) is 12.3. The molecule has 0 bridgehead atoms. The van der Waals surface area contributed by atoms with E-state index in [0.717, 1.165) is 4.88 Å². The van der Waals surface area contributed by atoms with Gasteiger partial charge >= 0.3 is 0 Å². The van der Waals surface area contributed by atoms with E-state index in [1.807, 2.05) is 17.5 Å². The fraction of sp³-hybridized carbons (Fsp3) is 0.0833. The van der Waals surface area contributed by atoms with Crippen molar-refractivity contribution in [1.29, 1.82) is 0 Å². The summed E-state index contributed by atoms with van der Waals surface area (Å²) < 4.78 is 0. The Morgan fingerprint density at radius 3 is 2.88 bits per heavy atom. The molecular formula is C12H11ClN2OS. The summed E-state index contributed by atoms with van der Waals surface area (Å²) in [5, 5.41) is 5.15. The molecule has 0 aliphatic rings. The van der Waals surface area contributed by atoms with Crippen molar-refractivity contribution in [2.45, 2.75) is 6.42 Å². The third-order valence-electron chi connectivity index (χ3n) is 2.18. The molecule has 2 rings (SSSR count). The van der Waals surface area contributed by atoms with Gasteiger partial charge in [0.15, 0.2) is 0 Å². The highest BCUT2D eigenvalue weighted by molar-refractivity contribution is 7.10. The lowest BCUT2D eigenvalue weighted by Gasteiger charge is -2.07. The number of hydrogen-bond donors (Lipinski definition) is 2. The van der Waals surface area contributed by atoms with Crippen molar-refractivity contribution in [1.82, 2.24) is 0 Å². The van der Waals surface area contributed by atoms with Crippen LogP contribution >= 0.6 is 22.9 Å². The van der Waals surface area contributed by atoms with Crippen LogP contribution in [0.5, 0.6) is 0 Å². The smallest absolute Gasteiger partial charge is 0.229 e. The number of amides is 1. The van der Waals surface area contributed by atoms with Crippen molar-refractivity contribution in [3.05, 3.63) is 45.6 Å². The minimum absolute atomic E-state index is 0.0841. The predicted octanol–water partition coefficient (Wildman–Crippen LogP) is 3.16. The number of benzene rings is 1. The van der Waals surface area contributed by atoms with Crippen molar-refractivity contribution in [2.24, 2.45) is 0 Å². The number of rotatable bonds is 3. The zero-order valence-electron chi connectivity index (χ0n) is 8.94. The van der Waals surface area contributed by atoms with Crippen molar-refractivity contribution in [3.8, 4) is 0 Å². The molecule has 1 heterocycles. The van der Waals surface area contributed by atoms with E-state index in [9.17, 15) is 4.79 Å². The fourth-order valence-electron chi connectivity index (χ4n) is 1.40. The Labute approximate surface area is 108 Å². The molecule has 1 amide bonds. The molecule has 3 nitrogen and oxygen atoms in total. The Morgan fingerprint density at radius 1 is 1.41 bits per heavy atom. The average Bonchev–Trinajstić information content (AvgIpc) is 2.75. The molecule has 2 aromatic rings. The minimum Gasteiger partial charge on any atom is -0.399 e. The van der Waals surface area contributed by atoms with E-state index >= 15 is 0 Å². The first-order valence-electron chi connectivity index (χ1n) is 5.02. The van der Waals surface area contributed by atoms with Crippen LogP contribution in [0.3, 0.4) is 0 Å². The molecule has 88 valence electrons. The predicted molar refractivity (Wildman–Crippen MR) is 72.5 cm³/mol. The van der Waals surface area contributed by atoms with E-state index in [1.54, 1.807) is 29.5 Å². The molecule has 0 unspecified atom stereocenters. The van der Waals surface area contributed by atoms with E-state index in [4.69, 9.17) is 17.3 Å². The van der Waals surface area contributed by atoms with Crippen LogP contribution in [0.4, 0.5) is 11.4 Å². The van der Waals surface area contributed by atoms with E-state index < -0.39 is 0 Å². The molecule has 0 radical (unpaired) electrons. The van der Waals surface area contributed by atoms with Crippen molar-refractivity contribution in [2.75, 3.05) is 11.1 Å². The van der Waals surface area contributed by atoms with Gasteiger partial charge in [0.2, 0.25) is 5.91 Å². The first-order chi connectivity index (χ1) is 8.15. The topological polar surface area (TPSA) is 55.1 Å². The highest BCUT2D eigenvalue weighted by Crippen LogP contribution is 2.24. The van der Waals surface area contributed by atoms with Gasteiger partial charge in [0.1, 0.15) is 0 Å². The van der Waals surface area contributed by atoms with Gasteiger partial charge in [0.25, 0.3) is 0 Å². The summed E-state index contributed by atoms with van der Waals surface area (Å²) in [6.45, 7) is 0. The number of carbonyl (C=O) groups excluding carboxylic acids is 1. The van der Waals surface area contributed by atoms with Gasteiger partial charge in [-0.1, -0.05) is 17.7 Å². The van der Waals surface area contributed by atoms with Gasteiger partial charge in [-0.25, -0.2) is 0 Å². The summed E-state index contributed by atoms with van der Waals surface area (Å²) in [5.74, 6) is -0.0841. The zero-order valence-corrected chi connectivity index (χ0v) is 10.5. The Hall–Kier alpha value is -1.52. The largest absolute Gasteiger partial charge is 0.399 e. The molecule has 1 aromatic heterocycles. The second-order valence-corrected chi connectivity index (χ2v) is 4.98. The van der Waals surface area contributed by atoms with Gasteiger partial charge in [-0.15, -0.1) is 11.3 Å². The number of nitrogens with one attached hydrogen (secondary N) is 1. The number of hydrogen-bond acceptors (Lipinski definition) is 3. The highest BCUT2D eigenvalue weighted by atomic mass is 35.5. The van der Waals surface area contributed by atoms with Gasteiger partial charge in [0.05, 0.1) is 17.1 Å². The summed E-state index contributed by atoms with van der Waals surface area (Å²) >= 11 is 7.52. The quantitative estimate of drug-likeness (QED) is 0.839. The molecule has 17 heavy (non-hydrogen) atoms. The van der Waals surface area contributed by atoms with Gasteiger partial charge in [-0.05, 0) is 29.6 Å². The lowest BCUT2D eigenvalue weighted by molar-refractivity contribution is -0.115. The average molecular weight is 267 g/mol. The maximum absolute atomic E-state index is 11.7. The number of anilines is 2. The summed E-state index contributed by atoms with van der Waals surface area (Å²) in [6, 6.07) is 8.86. The summed E-state index contributed by atoms with van der Waals surface area (Å²) in [6.07, 6.45) is 0.359. The van der Waals surface area contributed by atoms with Crippen LogP contribution in [0.25, 0.3) is 0 Å². The molecule has 0 atom stereocenters. The first kappa shape index (κ1) is 12.0. The molecule has 1 aromatic carbocycles. The highest BCUT2D eigenvalue weighted by Gasteiger charge is 2.07. The number of nitrogens with two attached hydrogens (primary N) is 1. The van der Waals surface area contributed by atoms with Crippen molar-refractivity contribution < 1.29 is 4.79 Å². The number of thiophene rings is 1. The third-order valence-corrected chi connectivity index (χ3v) is 3.37. The number of carbonyl (C=O) groups is 1.